The summed E-state index contributed by atoms with van der Waals surface area (Å²) < 4.78 is 14.0. The zero-order valence-corrected chi connectivity index (χ0v) is 15.9. The Labute approximate surface area is 158 Å². The van der Waals surface area contributed by atoms with Crippen molar-refractivity contribution in [1.82, 2.24) is 9.97 Å². The van der Waals surface area contributed by atoms with E-state index in [1.165, 1.54) is 6.07 Å². The molecule has 3 rings (SSSR count). The molecule has 0 bridgehead atoms. The van der Waals surface area contributed by atoms with Crippen molar-refractivity contribution in [1.29, 1.82) is 0 Å². The first-order valence-corrected chi connectivity index (χ1v) is 8.73. The highest BCUT2D eigenvalue weighted by atomic mass is 19.1. The van der Waals surface area contributed by atoms with E-state index in [2.05, 4.69) is 20.2 Å². The maximum Gasteiger partial charge on any atom is 0.177 e. The molecule has 3 aromatic rings. The fraction of sp³-hybridized carbons (Fsp3) is 0.238. The number of halogens is 1. The molecule has 0 radical (unpaired) electrons. The molecule has 6 heteroatoms. The van der Waals surface area contributed by atoms with Crippen molar-refractivity contribution < 1.29 is 4.39 Å². The molecule has 0 fully saturated rings. The Balaban J connectivity index is 1.83. The molecule has 0 N–H and O–H groups in total. The van der Waals surface area contributed by atoms with Gasteiger partial charge in [-0.2, -0.15) is 5.11 Å². The number of hydrogen-bond acceptors (Lipinski definition) is 5. The number of hydrogen-bond donors (Lipinski definition) is 0. The van der Waals surface area contributed by atoms with Gasteiger partial charge >= 0.3 is 0 Å². The molecule has 2 aromatic carbocycles. The average Bonchev–Trinajstić information content (AvgIpc) is 2.66. The number of azo groups is 1. The van der Waals surface area contributed by atoms with Crippen molar-refractivity contribution in [3.05, 3.63) is 71.8 Å². The number of rotatable bonds is 5. The Morgan fingerprint density at radius 1 is 1.00 bits per heavy atom. The molecule has 1 heterocycles. The number of benzene rings is 2. The third-order valence-corrected chi connectivity index (χ3v) is 4.20. The molecule has 27 heavy (non-hydrogen) atoms. The lowest BCUT2D eigenvalue weighted by Crippen LogP contribution is -2.08. The van der Waals surface area contributed by atoms with Gasteiger partial charge in [0.25, 0.3) is 0 Å². The monoisotopic (exact) mass is 363 g/mol. The minimum atomic E-state index is -0.326. The molecule has 5 nitrogen and oxygen atoms in total. The largest absolute Gasteiger partial charge is 0.378 e. The van der Waals surface area contributed by atoms with Gasteiger partial charge in [-0.25, -0.2) is 14.4 Å². The lowest BCUT2D eigenvalue weighted by molar-refractivity contribution is 0.630. The van der Waals surface area contributed by atoms with Crippen LogP contribution in [0.1, 0.15) is 24.4 Å². The fourth-order valence-corrected chi connectivity index (χ4v) is 2.67. The standard InChI is InChI=1S/C21H22FN5/c1-14(16-9-11-17(12-10-16)27(3)4)25-26-21-13-20(23-15(2)24-21)18-7-5-6-8-19(18)22/h5-14H,1-4H3. The van der Waals surface area contributed by atoms with Crippen molar-refractivity contribution in [3.8, 4) is 11.3 Å². The van der Waals surface area contributed by atoms with Crippen LogP contribution >= 0.6 is 0 Å². The molecule has 0 amide bonds. The van der Waals surface area contributed by atoms with Crippen LogP contribution in [0.5, 0.6) is 0 Å². The Bertz CT molecular complexity index is 951. The van der Waals surface area contributed by atoms with E-state index >= 15 is 0 Å². The second-order valence-electron chi connectivity index (χ2n) is 6.52. The zero-order chi connectivity index (χ0) is 19.4. The smallest absolute Gasteiger partial charge is 0.177 e. The molecule has 1 atom stereocenters. The first-order chi connectivity index (χ1) is 12.9. The maximum atomic E-state index is 14.0. The zero-order valence-electron chi connectivity index (χ0n) is 15.9. The number of aromatic nitrogens is 2. The van der Waals surface area contributed by atoms with Gasteiger partial charge in [-0.1, -0.05) is 24.3 Å². The van der Waals surface area contributed by atoms with Crippen molar-refractivity contribution >= 4 is 11.5 Å². The molecule has 0 saturated carbocycles. The van der Waals surface area contributed by atoms with Crippen LogP contribution in [-0.4, -0.2) is 24.1 Å². The van der Waals surface area contributed by atoms with Gasteiger partial charge in [-0.15, -0.1) is 5.11 Å². The van der Waals surface area contributed by atoms with E-state index < -0.39 is 0 Å². The SMILES string of the molecule is Cc1nc(N=NC(C)c2ccc(N(C)C)cc2)cc(-c2ccccc2F)n1. The van der Waals surface area contributed by atoms with Gasteiger partial charge in [-0.05, 0) is 43.7 Å². The van der Waals surface area contributed by atoms with E-state index in [1.54, 1.807) is 31.2 Å². The normalized spacial score (nSPS) is 12.3. The van der Waals surface area contributed by atoms with Gasteiger partial charge < -0.3 is 4.90 Å². The Kier molecular flexibility index (Phi) is 5.54. The Hall–Kier alpha value is -3.15. The van der Waals surface area contributed by atoms with Crippen LogP contribution in [0, 0.1) is 12.7 Å². The summed E-state index contributed by atoms with van der Waals surface area (Å²) in [5.41, 5.74) is 3.11. The highest BCUT2D eigenvalue weighted by molar-refractivity contribution is 5.62. The molecule has 138 valence electrons. The van der Waals surface area contributed by atoms with E-state index in [0.717, 1.165) is 11.3 Å². The number of aryl methyl sites for hydroxylation is 1. The fourth-order valence-electron chi connectivity index (χ4n) is 2.67. The molecule has 0 spiro atoms. The van der Waals surface area contributed by atoms with Crippen LogP contribution in [0.4, 0.5) is 15.9 Å². The van der Waals surface area contributed by atoms with Crippen LogP contribution < -0.4 is 4.90 Å². The molecular formula is C21H22FN5. The quantitative estimate of drug-likeness (QED) is 0.562. The van der Waals surface area contributed by atoms with Gasteiger partial charge in [0, 0.05) is 31.4 Å². The summed E-state index contributed by atoms with van der Waals surface area (Å²) in [6, 6.07) is 16.2. The van der Waals surface area contributed by atoms with Gasteiger partial charge in [0.15, 0.2) is 5.82 Å². The lowest BCUT2D eigenvalue weighted by atomic mass is 10.1. The predicted octanol–water partition coefficient (Wildman–Crippen LogP) is 5.50. The molecule has 0 aliphatic heterocycles. The first-order valence-electron chi connectivity index (χ1n) is 8.73. The summed E-state index contributed by atoms with van der Waals surface area (Å²) in [6.45, 7) is 3.73. The van der Waals surface area contributed by atoms with E-state index in [1.807, 2.05) is 50.2 Å². The van der Waals surface area contributed by atoms with Gasteiger partial charge in [-0.3, -0.25) is 0 Å². The molecule has 1 unspecified atom stereocenters. The molecule has 0 aliphatic rings. The number of anilines is 1. The van der Waals surface area contributed by atoms with Crippen LogP contribution in [-0.2, 0) is 0 Å². The first kappa shape index (κ1) is 18.6. The third kappa shape index (κ3) is 4.53. The van der Waals surface area contributed by atoms with E-state index in [9.17, 15) is 4.39 Å². The summed E-state index contributed by atoms with van der Waals surface area (Å²) in [7, 11) is 4.01. The van der Waals surface area contributed by atoms with E-state index in [-0.39, 0.29) is 11.9 Å². The summed E-state index contributed by atoms with van der Waals surface area (Å²) in [5, 5.41) is 8.62. The summed E-state index contributed by atoms with van der Waals surface area (Å²) in [5.74, 6) is 0.609. The summed E-state index contributed by atoms with van der Waals surface area (Å²) >= 11 is 0. The van der Waals surface area contributed by atoms with E-state index in [0.29, 0.717) is 22.9 Å². The Morgan fingerprint density at radius 3 is 2.37 bits per heavy atom. The second kappa shape index (κ2) is 8.03. The van der Waals surface area contributed by atoms with Crippen molar-refractivity contribution in [2.24, 2.45) is 10.2 Å². The minimum absolute atomic E-state index is 0.117. The molecular weight excluding hydrogens is 341 g/mol. The van der Waals surface area contributed by atoms with Crippen LogP contribution in [0.2, 0.25) is 0 Å². The molecule has 0 saturated heterocycles. The van der Waals surface area contributed by atoms with Crippen LogP contribution in [0.15, 0.2) is 64.8 Å². The maximum absolute atomic E-state index is 14.0. The topological polar surface area (TPSA) is 53.7 Å². The molecule has 0 aliphatic carbocycles. The van der Waals surface area contributed by atoms with Crippen molar-refractivity contribution in [2.45, 2.75) is 19.9 Å². The van der Waals surface area contributed by atoms with Gasteiger partial charge in [0.05, 0.1) is 11.7 Å². The van der Waals surface area contributed by atoms with Gasteiger partial charge in [0.2, 0.25) is 0 Å². The highest BCUT2D eigenvalue weighted by Crippen LogP contribution is 2.26. The van der Waals surface area contributed by atoms with Crippen LogP contribution in [0.3, 0.4) is 0 Å². The molecule has 1 aromatic heterocycles. The van der Waals surface area contributed by atoms with Crippen LogP contribution in [0.25, 0.3) is 11.3 Å². The average molecular weight is 363 g/mol. The predicted molar refractivity (Wildman–Crippen MR) is 106 cm³/mol. The number of nitrogens with zero attached hydrogens (tertiary/aromatic N) is 5. The minimum Gasteiger partial charge on any atom is -0.378 e. The summed E-state index contributed by atoms with van der Waals surface area (Å²) in [6.07, 6.45) is 0. The lowest BCUT2D eigenvalue weighted by Gasteiger charge is -2.13. The summed E-state index contributed by atoms with van der Waals surface area (Å²) in [4.78, 5) is 10.7. The highest BCUT2D eigenvalue weighted by Gasteiger charge is 2.09. The van der Waals surface area contributed by atoms with E-state index in [4.69, 9.17) is 0 Å². The van der Waals surface area contributed by atoms with Crippen molar-refractivity contribution in [2.75, 3.05) is 19.0 Å². The third-order valence-electron chi connectivity index (χ3n) is 4.20. The second-order valence-corrected chi connectivity index (χ2v) is 6.52. The van der Waals surface area contributed by atoms with Crippen molar-refractivity contribution in [3.63, 3.8) is 0 Å². The van der Waals surface area contributed by atoms with Gasteiger partial charge in [0.1, 0.15) is 11.6 Å². The Morgan fingerprint density at radius 2 is 1.70 bits per heavy atom.